The van der Waals surface area contributed by atoms with Crippen molar-refractivity contribution in [2.75, 3.05) is 32.8 Å². The highest BCUT2D eigenvalue weighted by molar-refractivity contribution is 7.89. The van der Waals surface area contributed by atoms with E-state index in [4.69, 9.17) is 16.3 Å². The molecule has 1 saturated heterocycles. The molecule has 2 fully saturated rings. The average Bonchev–Trinajstić information content (AvgIpc) is 2.62. The number of aromatic nitrogens is 1. The van der Waals surface area contributed by atoms with Crippen LogP contribution in [0.1, 0.15) is 32.1 Å². The Morgan fingerprint density at radius 1 is 1.21 bits per heavy atom. The summed E-state index contributed by atoms with van der Waals surface area (Å²) in [6.45, 7) is 3.59. The maximum atomic E-state index is 12.6. The van der Waals surface area contributed by atoms with Crippen molar-refractivity contribution in [2.45, 2.75) is 42.5 Å². The van der Waals surface area contributed by atoms with E-state index >= 15 is 0 Å². The molecule has 1 aliphatic carbocycles. The van der Waals surface area contributed by atoms with Gasteiger partial charge in [-0.2, -0.15) is 0 Å². The number of sulfonamides is 1. The summed E-state index contributed by atoms with van der Waals surface area (Å²) in [5, 5.41) is 0.283. The lowest BCUT2D eigenvalue weighted by atomic mass is 9.80. The molecule has 0 atom stereocenters. The lowest BCUT2D eigenvalue weighted by molar-refractivity contribution is -0.0348. The third kappa shape index (κ3) is 4.08. The van der Waals surface area contributed by atoms with Crippen LogP contribution in [0, 0.1) is 0 Å². The summed E-state index contributed by atoms with van der Waals surface area (Å²) in [7, 11) is -3.58. The van der Waals surface area contributed by atoms with Crippen molar-refractivity contribution in [3.63, 3.8) is 0 Å². The summed E-state index contributed by atoms with van der Waals surface area (Å²) in [5.41, 5.74) is -0.102. The summed E-state index contributed by atoms with van der Waals surface area (Å²) in [6, 6.07) is 2.98. The summed E-state index contributed by atoms with van der Waals surface area (Å²) in [4.78, 5) is 6.43. The van der Waals surface area contributed by atoms with Crippen LogP contribution < -0.4 is 4.72 Å². The predicted octanol–water partition coefficient (Wildman–Crippen LogP) is 2.05. The Balaban J connectivity index is 1.74. The van der Waals surface area contributed by atoms with E-state index < -0.39 is 10.0 Å². The van der Waals surface area contributed by atoms with Crippen molar-refractivity contribution < 1.29 is 13.2 Å². The first kappa shape index (κ1) is 18.1. The molecule has 1 aromatic rings. The zero-order chi connectivity index (χ0) is 17.0. The van der Waals surface area contributed by atoms with Crippen LogP contribution in [-0.4, -0.2) is 56.7 Å². The van der Waals surface area contributed by atoms with Crippen LogP contribution >= 0.6 is 11.6 Å². The second kappa shape index (κ2) is 7.66. The summed E-state index contributed by atoms with van der Waals surface area (Å²) >= 11 is 5.74. The lowest BCUT2D eigenvalue weighted by Crippen LogP contribution is -2.59. The second-order valence-corrected chi connectivity index (χ2v) is 8.68. The van der Waals surface area contributed by atoms with Gasteiger partial charge in [0.25, 0.3) is 0 Å². The topological polar surface area (TPSA) is 71.5 Å². The second-order valence-electron chi connectivity index (χ2n) is 6.53. The highest BCUT2D eigenvalue weighted by Crippen LogP contribution is 2.34. The number of morpholine rings is 1. The molecule has 2 heterocycles. The van der Waals surface area contributed by atoms with Gasteiger partial charge in [-0.1, -0.05) is 30.9 Å². The maximum Gasteiger partial charge on any atom is 0.242 e. The SMILES string of the molecule is O=S(=O)(NCC1(N2CCOCC2)CCCCC1)c1ccc(Cl)nc1. The molecule has 24 heavy (non-hydrogen) atoms. The van der Waals surface area contributed by atoms with Gasteiger partial charge in [-0.15, -0.1) is 0 Å². The van der Waals surface area contributed by atoms with E-state index in [1.54, 1.807) is 0 Å². The fourth-order valence-electron chi connectivity index (χ4n) is 3.69. The first-order chi connectivity index (χ1) is 11.5. The molecule has 0 spiro atoms. The van der Waals surface area contributed by atoms with E-state index in [1.807, 2.05) is 0 Å². The van der Waals surface area contributed by atoms with Gasteiger partial charge in [0.2, 0.25) is 10.0 Å². The number of nitrogens with zero attached hydrogens (tertiary/aromatic N) is 2. The molecule has 1 N–H and O–H groups in total. The monoisotopic (exact) mass is 373 g/mol. The Bertz CT molecular complexity index is 639. The number of nitrogens with one attached hydrogen (secondary N) is 1. The van der Waals surface area contributed by atoms with Crippen LogP contribution in [0.2, 0.25) is 5.15 Å². The van der Waals surface area contributed by atoms with Crippen molar-refractivity contribution in [1.82, 2.24) is 14.6 Å². The molecule has 6 nitrogen and oxygen atoms in total. The van der Waals surface area contributed by atoms with Crippen molar-refractivity contribution in [3.05, 3.63) is 23.5 Å². The Morgan fingerprint density at radius 3 is 2.54 bits per heavy atom. The number of hydrogen-bond donors (Lipinski definition) is 1. The van der Waals surface area contributed by atoms with Gasteiger partial charge < -0.3 is 4.74 Å². The number of hydrogen-bond acceptors (Lipinski definition) is 5. The van der Waals surface area contributed by atoms with Gasteiger partial charge in [0.1, 0.15) is 10.0 Å². The third-order valence-corrected chi connectivity index (χ3v) is 6.68. The fourth-order valence-corrected chi connectivity index (χ4v) is 4.86. The van der Waals surface area contributed by atoms with Crippen molar-refractivity contribution in [2.24, 2.45) is 0 Å². The fraction of sp³-hybridized carbons (Fsp3) is 0.688. The molecule has 0 unspecified atom stereocenters. The molecule has 8 heteroatoms. The van der Waals surface area contributed by atoms with E-state index in [1.165, 1.54) is 24.8 Å². The van der Waals surface area contributed by atoms with Gasteiger partial charge in [0.05, 0.1) is 13.2 Å². The van der Waals surface area contributed by atoms with Crippen LogP contribution in [0.15, 0.2) is 23.2 Å². The number of ether oxygens (including phenoxy) is 1. The van der Waals surface area contributed by atoms with E-state index in [9.17, 15) is 8.42 Å². The predicted molar refractivity (Wildman–Crippen MR) is 92.6 cm³/mol. The molecule has 134 valence electrons. The Morgan fingerprint density at radius 2 is 1.92 bits per heavy atom. The van der Waals surface area contributed by atoms with Crippen LogP contribution in [-0.2, 0) is 14.8 Å². The first-order valence-corrected chi connectivity index (χ1v) is 10.3. The first-order valence-electron chi connectivity index (χ1n) is 8.46. The largest absolute Gasteiger partial charge is 0.379 e. The normalized spacial score (nSPS) is 22.4. The molecule has 1 aromatic heterocycles. The zero-order valence-electron chi connectivity index (χ0n) is 13.7. The Kier molecular flexibility index (Phi) is 5.77. The van der Waals surface area contributed by atoms with E-state index in [0.29, 0.717) is 6.54 Å². The number of halogens is 1. The van der Waals surface area contributed by atoms with E-state index in [0.717, 1.165) is 52.0 Å². The molecule has 0 amide bonds. The number of rotatable bonds is 5. The van der Waals surface area contributed by atoms with E-state index in [2.05, 4.69) is 14.6 Å². The smallest absolute Gasteiger partial charge is 0.242 e. The molecule has 1 saturated carbocycles. The van der Waals surface area contributed by atoms with Gasteiger partial charge in [-0.25, -0.2) is 18.1 Å². The molecule has 0 aromatic carbocycles. The maximum absolute atomic E-state index is 12.6. The van der Waals surface area contributed by atoms with Gasteiger partial charge >= 0.3 is 0 Å². The third-order valence-electron chi connectivity index (χ3n) is 5.07. The standard InChI is InChI=1S/C16H24ClN3O3S/c17-15-5-4-14(12-18-15)24(21,22)19-13-16(6-2-1-3-7-16)20-8-10-23-11-9-20/h4-5,12,19H,1-3,6-11,13H2. The average molecular weight is 374 g/mol. The van der Waals surface area contributed by atoms with Crippen LogP contribution in [0.5, 0.6) is 0 Å². The molecule has 3 rings (SSSR count). The lowest BCUT2D eigenvalue weighted by Gasteiger charge is -2.48. The summed E-state index contributed by atoms with van der Waals surface area (Å²) < 4.78 is 33.4. The zero-order valence-corrected chi connectivity index (χ0v) is 15.3. The Hall–Kier alpha value is -0.730. The quantitative estimate of drug-likeness (QED) is 0.800. The molecule has 2 aliphatic rings. The Labute approximate surface area is 148 Å². The van der Waals surface area contributed by atoms with Gasteiger partial charge in [-0.3, -0.25) is 4.90 Å². The van der Waals surface area contributed by atoms with Gasteiger partial charge in [0, 0.05) is 31.4 Å². The van der Waals surface area contributed by atoms with Crippen molar-refractivity contribution in [3.8, 4) is 0 Å². The summed E-state index contributed by atoms with van der Waals surface area (Å²) in [6.07, 6.45) is 6.85. The van der Waals surface area contributed by atoms with Crippen LogP contribution in [0.25, 0.3) is 0 Å². The molecular formula is C16H24ClN3O3S. The minimum atomic E-state index is -3.58. The highest BCUT2D eigenvalue weighted by atomic mass is 35.5. The molecule has 0 radical (unpaired) electrons. The van der Waals surface area contributed by atoms with Gasteiger partial charge in [-0.05, 0) is 25.0 Å². The molecular weight excluding hydrogens is 350 g/mol. The van der Waals surface area contributed by atoms with Gasteiger partial charge in [0.15, 0.2) is 0 Å². The number of pyridine rings is 1. The van der Waals surface area contributed by atoms with Crippen molar-refractivity contribution in [1.29, 1.82) is 0 Å². The van der Waals surface area contributed by atoms with Crippen LogP contribution in [0.4, 0.5) is 0 Å². The summed E-state index contributed by atoms with van der Waals surface area (Å²) in [5.74, 6) is 0. The minimum Gasteiger partial charge on any atom is -0.379 e. The molecule has 1 aliphatic heterocycles. The van der Waals surface area contributed by atoms with Crippen LogP contribution in [0.3, 0.4) is 0 Å². The van der Waals surface area contributed by atoms with E-state index in [-0.39, 0.29) is 15.6 Å². The minimum absolute atomic E-state index is 0.102. The molecule has 0 bridgehead atoms. The van der Waals surface area contributed by atoms with Crippen molar-refractivity contribution >= 4 is 21.6 Å². The highest BCUT2D eigenvalue weighted by Gasteiger charge is 2.39.